The van der Waals surface area contributed by atoms with Crippen LogP contribution in [-0.4, -0.2) is 0 Å². The quantitative estimate of drug-likeness (QED) is 0.685. The summed E-state index contributed by atoms with van der Waals surface area (Å²) in [5, 5.41) is 0. The summed E-state index contributed by atoms with van der Waals surface area (Å²) in [5.74, 6) is 6.80. The maximum atomic E-state index is 3.56. The summed E-state index contributed by atoms with van der Waals surface area (Å²) < 4.78 is 1.19. The zero-order chi connectivity index (χ0) is 10.4. The second-order valence-corrected chi connectivity index (χ2v) is 4.19. The fraction of sp³-hybridized carbons (Fsp3) is 0.385. The van der Waals surface area contributed by atoms with Crippen molar-refractivity contribution in [3.05, 3.63) is 34.3 Å². The summed E-state index contributed by atoms with van der Waals surface area (Å²) in [6, 6.07) is 8.35. The zero-order valence-electron chi connectivity index (χ0n) is 8.68. The highest BCUT2D eigenvalue weighted by molar-refractivity contribution is 9.10. The van der Waals surface area contributed by atoms with Crippen LogP contribution < -0.4 is 0 Å². The second-order valence-electron chi connectivity index (χ2n) is 3.33. The molecule has 0 aliphatic heterocycles. The van der Waals surface area contributed by atoms with Gasteiger partial charge in [0.05, 0.1) is 0 Å². The van der Waals surface area contributed by atoms with Crippen molar-refractivity contribution in [3.8, 4) is 11.8 Å². The van der Waals surface area contributed by atoms with Crippen LogP contribution in [0.2, 0.25) is 0 Å². The maximum absolute atomic E-state index is 3.56. The van der Waals surface area contributed by atoms with E-state index in [0.717, 1.165) is 12.8 Å². The predicted octanol–water partition coefficient (Wildman–Crippen LogP) is 4.36. The minimum atomic E-state index is 0.504. The summed E-state index contributed by atoms with van der Waals surface area (Å²) in [5.41, 5.74) is 1.35. The van der Waals surface area contributed by atoms with Gasteiger partial charge in [-0.15, -0.1) is 11.8 Å². The second kappa shape index (κ2) is 5.88. The van der Waals surface area contributed by atoms with Crippen molar-refractivity contribution < 1.29 is 0 Å². The number of halogens is 1. The lowest BCUT2D eigenvalue weighted by Gasteiger charge is -2.09. The van der Waals surface area contributed by atoms with E-state index >= 15 is 0 Å². The molecule has 0 spiro atoms. The van der Waals surface area contributed by atoms with Gasteiger partial charge in [0.25, 0.3) is 0 Å². The molecule has 0 amide bonds. The SMILES string of the molecule is CCC#CCC(C)c1ccccc1Br. The van der Waals surface area contributed by atoms with Crippen molar-refractivity contribution in [2.24, 2.45) is 0 Å². The molecule has 1 unspecified atom stereocenters. The molecule has 1 rings (SSSR count). The lowest BCUT2D eigenvalue weighted by atomic mass is 9.98. The van der Waals surface area contributed by atoms with Crippen LogP contribution in [-0.2, 0) is 0 Å². The van der Waals surface area contributed by atoms with Gasteiger partial charge in [-0.05, 0) is 17.5 Å². The zero-order valence-corrected chi connectivity index (χ0v) is 10.3. The van der Waals surface area contributed by atoms with Gasteiger partial charge < -0.3 is 0 Å². The molecule has 0 bridgehead atoms. The fourth-order valence-corrected chi connectivity index (χ4v) is 2.01. The molecule has 14 heavy (non-hydrogen) atoms. The molecule has 74 valence electrons. The Balaban J connectivity index is 2.69. The molecule has 1 heteroatoms. The molecule has 1 aromatic carbocycles. The Labute approximate surface area is 94.9 Å². The van der Waals surface area contributed by atoms with E-state index in [-0.39, 0.29) is 0 Å². The Morgan fingerprint density at radius 2 is 2.00 bits per heavy atom. The van der Waals surface area contributed by atoms with E-state index in [0.29, 0.717) is 5.92 Å². The van der Waals surface area contributed by atoms with Crippen LogP contribution in [0.1, 0.15) is 38.2 Å². The first-order valence-electron chi connectivity index (χ1n) is 4.95. The summed E-state index contributed by atoms with van der Waals surface area (Å²) in [4.78, 5) is 0. The highest BCUT2D eigenvalue weighted by Crippen LogP contribution is 2.26. The van der Waals surface area contributed by atoms with Gasteiger partial charge in [-0.25, -0.2) is 0 Å². The molecule has 0 aromatic heterocycles. The molecule has 1 aromatic rings. The van der Waals surface area contributed by atoms with E-state index < -0.39 is 0 Å². The highest BCUT2D eigenvalue weighted by atomic mass is 79.9. The first-order chi connectivity index (χ1) is 6.75. The minimum Gasteiger partial charge on any atom is -0.104 e. The number of benzene rings is 1. The van der Waals surface area contributed by atoms with E-state index in [4.69, 9.17) is 0 Å². The number of rotatable bonds is 2. The normalized spacial score (nSPS) is 11.6. The molecule has 0 saturated heterocycles. The van der Waals surface area contributed by atoms with Crippen molar-refractivity contribution in [2.45, 2.75) is 32.6 Å². The molecule has 0 fully saturated rings. The van der Waals surface area contributed by atoms with E-state index in [1.807, 2.05) is 6.07 Å². The third-order valence-electron chi connectivity index (χ3n) is 2.15. The molecule has 1 atom stereocenters. The van der Waals surface area contributed by atoms with Crippen LogP contribution in [0.3, 0.4) is 0 Å². The Morgan fingerprint density at radius 1 is 1.29 bits per heavy atom. The fourth-order valence-electron chi connectivity index (χ4n) is 1.33. The summed E-state index contributed by atoms with van der Waals surface area (Å²) in [6.45, 7) is 4.29. The molecular weight excluding hydrogens is 236 g/mol. The van der Waals surface area contributed by atoms with E-state index in [2.05, 4.69) is 59.8 Å². The van der Waals surface area contributed by atoms with Gasteiger partial charge in [-0.2, -0.15) is 0 Å². The van der Waals surface area contributed by atoms with Crippen molar-refractivity contribution in [3.63, 3.8) is 0 Å². The maximum Gasteiger partial charge on any atom is 0.0210 e. The third kappa shape index (κ3) is 3.20. The van der Waals surface area contributed by atoms with Gasteiger partial charge in [0.2, 0.25) is 0 Å². The first kappa shape index (κ1) is 11.3. The van der Waals surface area contributed by atoms with Crippen molar-refractivity contribution in [1.82, 2.24) is 0 Å². The molecule has 0 radical (unpaired) electrons. The predicted molar refractivity (Wildman–Crippen MR) is 65.2 cm³/mol. The van der Waals surface area contributed by atoms with Crippen LogP contribution >= 0.6 is 15.9 Å². The van der Waals surface area contributed by atoms with Crippen LogP contribution in [0.15, 0.2) is 28.7 Å². The Morgan fingerprint density at radius 3 is 2.64 bits per heavy atom. The number of hydrogen-bond donors (Lipinski definition) is 0. The van der Waals surface area contributed by atoms with Crippen molar-refractivity contribution >= 4 is 15.9 Å². The molecule has 0 nitrogen and oxygen atoms in total. The number of hydrogen-bond acceptors (Lipinski definition) is 0. The summed E-state index contributed by atoms with van der Waals surface area (Å²) >= 11 is 3.56. The minimum absolute atomic E-state index is 0.504. The van der Waals surface area contributed by atoms with E-state index in [1.54, 1.807) is 0 Å². The van der Waals surface area contributed by atoms with Crippen molar-refractivity contribution in [2.75, 3.05) is 0 Å². The van der Waals surface area contributed by atoms with E-state index in [9.17, 15) is 0 Å². The average molecular weight is 251 g/mol. The van der Waals surface area contributed by atoms with Crippen LogP contribution in [0.25, 0.3) is 0 Å². The van der Waals surface area contributed by atoms with E-state index in [1.165, 1.54) is 10.0 Å². The Kier molecular flexibility index (Phi) is 4.76. The van der Waals surface area contributed by atoms with Gasteiger partial charge >= 0.3 is 0 Å². The van der Waals surface area contributed by atoms with Gasteiger partial charge in [0, 0.05) is 17.3 Å². The van der Waals surface area contributed by atoms with Gasteiger partial charge in [0.15, 0.2) is 0 Å². The Bertz CT molecular complexity index is 344. The molecule has 0 aliphatic rings. The lowest BCUT2D eigenvalue weighted by Crippen LogP contribution is -1.92. The van der Waals surface area contributed by atoms with Crippen LogP contribution in [0.5, 0.6) is 0 Å². The summed E-state index contributed by atoms with van der Waals surface area (Å²) in [6.07, 6.45) is 1.89. The summed E-state index contributed by atoms with van der Waals surface area (Å²) in [7, 11) is 0. The monoisotopic (exact) mass is 250 g/mol. The standard InChI is InChI=1S/C13H15Br/c1-3-4-5-8-11(2)12-9-6-7-10-13(12)14/h6-7,9-11H,3,8H2,1-2H3. The molecule has 0 heterocycles. The molecule has 0 aliphatic carbocycles. The molecule has 0 N–H and O–H groups in total. The molecule has 0 saturated carbocycles. The third-order valence-corrected chi connectivity index (χ3v) is 2.87. The van der Waals surface area contributed by atoms with Crippen LogP contribution in [0.4, 0.5) is 0 Å². The van der Waals surface area contributed by atoms with Gasteiger partial charge in [0.1, 0.15) is 0 Å². The van der Waals surface area contributed by atoms with Gasteiger partial charge in [-0.1, -0.05) is 48.0 Å². The van der Waals surface area contributed by atoms with Crippen molar-refractivity contribution in [1.29, 1.82) is 0 Å². The topological polar surface area (TPSA) is 0 Å². The van der Waals surface area contributed by atoms with Gasteiger partial charge in [-0.3, -0.25) is 0 Å². The molecular formula is C13H15Br. The average Bonchev–Trinajstić information content (AvgIpc) is 2.18. The highest BCUT2D eigenvalue weighted by Gasteiger charge is 2.06. The Hall–Kier alpha value is -0.740. The lowest BCUT2D eigenvalue weighted by molar-refractivity contribution is 0.790. The smallest absolute Gasteiger partial charge is 0.0210 e. The first-order valence-corrected chi connectivity index (χ1v) is 5.75. The largest absolute Gasteiger partial charge is 0.104 e. The van der Waals surface area contributed by atoms with Crippen LogP contribution in [0, 0.1) is 11.8 Å².